The van der Waals surface area contributed by atoms with E-state index in [-0.39, 0.29) is 24.4 Å². The van der Waals surface area contributed by atoms with Gasteiger partial charge in [0.1, 0.15) is 11.9 Å². The van der Waals surface area contributed by atoms with Crippen molar-refractivity contribution in [3.63, 3.8) is 0 Å². The summed E-state index contributed by atoms with van der Waals surface area (Å²) in [6, 6.07) is 7.51. The van der Waals surface area contributed by atoms with Crippen molar-refractivity contribution in [3.8, 4) is 5.75 Å². The lowest BCUT2D eigenvalue weighted by Gasteiger charge is -2.27. The summed E-state index contributed by atoms with van der Waals surface area (Å²) < 4.78 is 11.2. The van der Waals surface area contributed by atoms with E-state index in [4.69, 9.17) is 9.47 Å². The fourth-order valence-corrected chi connectivity index (χ4v) is 2.71. The number of hydrogen-bond acceptors (Lipinski definition) is 4. The van der Waals surface area contributed by atoms with E-state index in [1.165, 1.54) is 0 Å². The van der Waals surface area contributed by atoms with Gasteiger partial charge in [-0.25, -0.2) is 0 Å². The molecule has 0 atom stereocenters. The zero-order valence-electron chi connectivity index (χ0n) is 12.6. The molecule has 6 heteroatoms. The third-order valence-corrected chi connectivity index (χ3v) is 3.98. The van der Waals surface area contributed by atoms with Gasteiger partial charge < -0.3 is 19.7 Å². The number of benzene rings is 1. The number of carbonyl (C=O) groups excluding carboxylic acids is 1. The van der Waals surface area contributed by atoms with Gasteiger partial charge in [-0.05, 0) is 24.3 Å². The van der Waals surface area contributed by atoms with Crippen molar-refractivity contribution < 1.29 is 14.3 Å². The number of nitrogens with zero attached hydrogens (tertiary/aromatic N) is 1. The summed E-state index contributed by atoms with van der Waals surface area (Å²) in [4.78, 5) is 14.2. The highest BCUT2D eigenvalue weighted by molar-refractivity contribution is 5.94. The maximum Gasteiger partial charge on any atom is 0.253 e. The van der Waals surface area contributed by atoms with Crippen LogP contribution in [0.15, 0.2) is 24.3 Å². The van der Waals surface area contributed by atoms with Gasteiger partial charge in [0.15, 0.2) is 0 Å². The van der Waals surface area contributed by atoms with Gasteiger partial charge in [-0.2, -0.15) is 0 Å². The summed E-state index contributed by atoms with van der Waals surface area (Å²) in [5.41, 5.74) is 0.733. The molecule has 2 fully saturated rings. The van der Waals surface area contributed by atoms with Crippen LogP contribution in [0.2, 0.25) is 0 Å². The van der Waals surface area contributed by atoms with E-state index in [1.54, 1.807) is 0 Å². The Kier molecular flexibility index (Phi) is 6.49. The zero-order valence-corrected chi connectivity index (χ0v) is 13.4. The molecule has 0 unspecified atom stereocenters. The molecule has 1 aromatic rings. The van der Waals surface area contributed by atoms with E-state index in [0.717, 1.165) is 63.5 Å². The molecule has 3 rings (SSSR count). The molecule has 2 aliphatic rings. The lowest BCUT2D eigenvalue weighted by atomic mass is 10.1. The molecule has 1 N–H and O–H groups in total. The summed E-state index contributed by atoms with van der Waals surface area (Å²) in [5.74, 6) is 0.938. The van der Waals surface area contributed by atoms with Crippen molar-refractivity contribution in [2.75, 3.05) is 39.4 Å². The molecule has 0 radical (unpaired) electrons. The van der Waals surface area contributed by atoms with Crippen molar-refractivity contribution in [1.29, 1.82) is 0 Å². The lowest BCUT2D eigenvalue weighted by Crippen LogP contribution is -2.46. The number of carbonyl (C=O) groups is 1. The maximum atomic E-state index is 12.3. The van der Waals surface area contributed by atoms with Gasteiger partial charge in [0.05, 0.1) is 13.2 Å². The second kappa shape index (κ2) is 8.36. The smallest absolute Gasteiger partial charge is 0.253 e. The van der Waals surface area contributed by atoms with Gasteiger partial charge in [0.25, 0.3) is 5.91 Å². The van der Waals surface area contributed by atoms with Gasteiger partial charge in [-0.3, -0.25) is 4.79 Å². The van der Waals surface area contributed by atoms with Crippen molar-refractivity contribution in [1.82, 2.24) is 10.2 Å². The Morgan fingerprint density at radius 1 is 1.14 bits per heavy atom. The van der Waals surface area contributed by atoms with Crippen LogP contribution in [-0.4, -0.2) is 56.3 Å². The maximum absolute atomic E-state index is 12.3. The van der Waals surface area contributed by atoms with Crippen LogP contribution in [0.4, 0.5) is 0 Å². The number of hydrogen-bond donors (Lipinski definition) is 1. The highest BCUT2D eigenvalue weighted by Crippen LogP contribution is 2.19. The molecule has 2 heterocycles. The molecule has 2 saturated heterocycles. The van der Waals surface area contributed by atoms with E-state index < -0.39 is 0 Å². The van der Waals surface area contributed by atoms with Crippen molar-refractivity contribution in [3.05, 3.63) is 29.8 Å². The van der Waals surface area contributed by atoms with Gasteiger partial charge in [0, 0.05) is 44.6 Å². The highest BCUT2D eigenvalue weighted by atomic mass is 35.5. The first-order valence-electron chi connectivity index (χ1n) is 7.67. The molecule has 0 aliphatic carbocycles. The van der Waals surface area contributed by atoms with E-state index >= 15 is 0 Å². The Morgan fingerprint density at radius 3 is 2.41 bits per heavy atom. The monoisotopic (exact) mass is 326 g/mol. The Balaban J connectivity index is 0.00000176. The van der Waals surface area contributed by atoms with Crippen LogP contribution in [0, 0.1) is 0 Å². The first-order chi connectivity index (χ1) is 10.3. The van der Waals surface area contributed by atoms with Crippen LogP contribution in [0.5, 0.6) is 5.75 Å². The summed E-state index contributed by atoms with van der Waals surface area (Å²) >= 11 is 0. The van der Waals surface area contributed by atoms with Crippen LogP contribution >= 0.6 is 12.4 Å². The Hall–Kier alpha value is -1.30. The number of rotatable bonds is 3. The fraction of sp³-hybridized carbons (Fsp3) is 0.562. The Morgan fingerprint density at radius 2 is 1.77 bits per heavy atom. The van der Waals surface area contributed by atoms with E-state index in [2.05, 4.69) is 5.32 Å². The quantitative estimate of drug-likeness (QED) is 0.919. The molecule has 0 bridgehead atoms. The van der Waals surface area contributed by atoms with E-state index in [0.29, 0.717) is 0 Å². The minimum atomic E-state index is 0. The number of ether oxygens (including phenoxy) is 2. The molecule has 0 spiro atoms. The molecule has 1 amide bonds. The van der Waals surface area contributed by atoms with Crippen molar-refractivity contribution in [2.24, 2.45) is 0 Å². The largest absolute Gasteiger partial charge is 0.490 e. The van der Waals surface area contributed by atoms with Gasteiger partial charge in [-0.1, -0.05) is 0 Å². The van der Waals surface area contributed by atoms with Crippen LogP contribution in [0.1, 0.15) is 23.2 Å². The molecule has 1 aromatic carbocycles. The van der Waals surface area contributed by atoms with E-state index in [9.17, 15) is 4.79 Å². The molecule has 2 aliphatic heterocycles. The molecule has 0 saturated carbocycles. The highest BCUT2D eigenvalue weighted by Gasteiger charge is 2.18. The summed E-state index contributed by atoms with van der Waals surface area (Å²) in [6.07, 6.45) is 2.09. The molecule has 5 nitrogen and oxygen atoms in total. The molecule has 22 heavy (non-hydrogen) atoms. The van der Waals surface area contributed by atoms with Crippen molar-refractivity contribution in [2.45, 2.75) is 18.9 Å². The molecule has 122 valence electrons. The second-order valence-corrected chi connectivity index (χ2v) is 5.50. The zero-order chi connectivity index (χ0) is 14.5. The number of amides is 1. The number of piperazine rings is 1. The molecule has 0 aromatic heterocycles. The van der Waals surface area contributed by atoms with Gasteiger partial charge in [0.2, 0.25) is 0 Å². The minimum absolute atomic E-state index is 0. The fourth-order valence-electron chi connectivity index (χ4n) is 2.71. The SMILES string of the molecule is Cl.O=C(c1ccc(OC2CCOCC2)cc1)N1CCNCC1. The number of halogens is 1. The average Bonchev–Trinajstić information content (AvgIpc) is 2.57. The van der Waals surface area contributed by atoms with Crippen LogP contribution in [0.3, 0.4) is 0 Å². The first-order valence-corrected chi connectivity index (χ1v) is 7.67. The third kappa shape index (κ3) is 4.35. The predicted molar refractivity (Wildman–Crippen MR) is 86.9 cm³/mol. The third-order valence-electron chi connectivity index (χ3n) is 3.98. The van der Waals surface area contributed by atoms with Crippen LogP contribution < -0.4 is 10.1 Å². The minimum Gasteiger partial charge on any atom is -0.490 e. The topological polar surface area (TPSA) is 50.8 Å². The molecular formula is C16H23ClN2O3. The second-order valence-electron chi connectivity index (χ2n) is 5.50. The van der Waals surface area contributed by atoms with Crippen LogP contribution in [0.25, 0.3) is 0 Å². The van der Waals surface area contributed by atoms with Crippen molar-refractivity contribution >= 4 is 18.3 Å². The summed E-state index contributed by atoms with van der Waals surface area (Å²) in [6.45, 7) is 4.83. The Bertz CT molecular complexity index is 469. The lowest BCUT2D eigenvalue weighted by molar-refractivity contribution is 0.0256. The number of nitrogens with one attached hydrogen (secondary N) is 1. The standard InChI is InChI=1S/C16H22N2O3.ClH/c19-16(18-9-7-17-8-10-18)13-1-3-14(4-2-13)21-15-5-11-20-12-6-15;/h1-4,15,17H,5-12H2;1H. The summed E-state index contributed by atoms with van der Waals surface area (Å²) in [5, 5.41) is 3.25. The average molecular weight is 327 g/mol. The van der Waals surface area contributed by atoms with Gasteiger partial charge >= 0.3 is 0 Å². The van der Waals surface area contributed by atoms with Gasteiger partial charge in [-0.15, -0.1) is 12.4 Å². The normalized spacial score (nSPS) is 19.4. The first kappa shape index (κ1) is 17.1. The van der Waals surface area contributed by atoms with Crippen LogP contribution in [-0.2, 0) is 4.74 Å². The van der Waals surface area contributed by atoms with E-state index in [1.807, 2.05) is 29.2 Å². The predicted octanol–water partition coefficient (Wildman–Crippen LogP) is 1.71. The summed E-state index contributed by atoms with van der Waals surface area (Å²) in [7, 11) is 0. The Labute approximate surface area is 137 Å². The molecular weight excluding hydrogens is 304 g/mol.